The fourth-order valence-corrected chi connectivity index (χ4v) is 5.34. The first-order valence-corrected chi connectivity index (χ1v) is 12.3. The molecule has 2 aromatic carbocycles. The Hall–Kier alpha value is -3.37. The van der Waals surface area contributed by atoms with Gasteiger partial charge in [0.25, 0.3) is 5.56 Å². The summed E-state index contributed by atoms with van der Waals surface area (Å²) in [7, 11) is 3.06. The number of aromatic nitrogens is 1. The highest BCUT2D eigenvalue weighted by atomic mass is 79.9. The van der Waals surface area contributed by atoms with Crippen LogP contribution >= 0.6 is 27.3 Å². The molecule has 1 aliphatic heterocycles. The van der Waals surface area contributed by atoms with E-state index in [-0.39, 0.29) is 23.5 Å². The van der Waals surface area contributed by atoms with Crippen LogP contribution < -0.4 is 24.4 Å². The topological polar surface area (TPSA) is 99.4 Å². The van der Waals surface area contributed by atoms with Crippen LogP contribution in [-0.4, -0.2) is 36.5 Å². The lowest BCUT2D eigenvalue weighted by Gasteiger charge is -2.26. The molecule has 0 fully saturated rings. The Balaban J connectivity index is 2.04. The van der Waals surface area contributed by atoms with Crippen molar-refractivity contribution < 1.29 is 24.1 Å². The Labute approximate surface area is 213 Å². The van der Waals surface area contributed by atoms with Crippen LogP contribution in [0.25, 0.3) is 6.08 Å². The van der Waals surface area contributed by atoms with E-state index in [1.54, 1.807) is 56.3 Å². The van der Waals surface area contributed by atoms with E-state index in [4.69, 9.17) is 14.2 Å². The number of halogens is 1. The predicted molar refractivity (Wildman–Crippen MR) is 136 cm³/mol. The summed E-state index contributed by atoms with van der Waals surface area (Å²) in [6.07, 6.45) is 1.60. The molecule has 2 heterocycles. The molecule has 182 valence electrons. The van der Waals surface area contributed by atoms with E-state index in [2.05, 4.69) is 20.9 Å². The van der Waals surface area contributed by atoms with Gasteiger partial charge >= 0.3 is 5.97 Å². The summed E-state index contributed by atoms with van der Waals surface area (Å²) in [6.45, 7) is 3.60. The largest absolute Gasteiger partial charge is 0.507 e. The number of aromatic hydroxyl groups is 1. The van der Waals surface area contributed by atoms with Crippen molar-refractivity contribution in [2.24, 2.45) is 4.99 Å². The van der Waals surface area contributed by atoms with Gasteiger partial charge in [0, 0.05) is 15.6 Å². The quantitative estimate of drug-likeness (QED) is 0.466. The minimum absolute atomic E-state index is 0.0356. The molecule has 3 aromatic rings. The second-order valence-corrected chi connectivity index (χ2v) is 9.54. The van der Waals surface area contributed by atoms with Crippen LogP contribution in [0.4, 0.5) is 0 Å². The molecule has 35 heavy (non-hydrogen) atoms. The third-order valence-corrected chi connectivity index (χ3v) is 7.00. The number of hydrogen-bond acceptors (Lipinski definition) is 8. The first-order chi connectivity index (χ1) is 16.8. The standard InChI is InChI=1S/C25H23BrN2O6S/c1-5-34-24(31)21-13(2)27-25-28(22(21)17-12-16(32-3)7-9-19(17)33-4)23(30)20(35-25)11-14-10-15(26)6-8-18(14)29/h6-12,22,29H,5H2,1-4H3/b20-11+/t22-/m1/s1. The molecule has 1 aromatic heterocycles. The number of nitrogens with zero attached hydrogens (tertiary/aromatic N) is 2. The van der Waals surface area contributed by atoms with E-state index in [9.17, 15) is 14.7 Å². The van der Waals surface area contributed by atoms with Gasteiger partial charge in [0.05, 0.1) is 36.6 Å². The van der Waals surface area contributed by atoms with Crippen LogP contribution in [0, 0.1) is 0 Å². The van der Waals surface area contributed by atoms with Crippen LogP contribution in [0.1, 0.15) is 31.0 Å². The summed E-state index contributed by atoms with van der Waals surface area (Å²) in [5, 5.41) is 10.3. The number of rotatable bonds is 6. The van der Waals surface area contributed by atoms with Crippen LogP contribution in [0.2, 0.25) is 0 Å². The van der Waals surface area contributed by atoms with Gasteiger partial charge in [0.1, 0.15) is 23.3 Å². The zero-order valence-corrected chi connectivity index (χ0v) is 21.9. The van der Waals surface area contributed by atoms with E-state index in [0.29, 0.717) is 37.7 Å². The lowest BCUT2D eigenvalue weighted by atomic mass is 9.94. The fourth-order valence-electron chi connectivity index (χ4n) is 3.92. The number of ether oxygens (including phenoxy) is 3. The summed E-state index contributed by atoms with van der Waals surface area (Å²) < 4.78 is 18.9. The van der Waals surface area contributed by atoms with Crippen molar-refractivity contribution in [3.63, 3.8) is 0 Å². The van der Waals surface area contributed by atoms with Crippen molar-refractivity contribution in [3.05, 3.63) is 83.0 Å². The fraction of sp³-hybridized carbons (Fsp3) is 0.240. The number of carbonyl (C=O) groups is 1. The third-order valence-electron chi connectivity index (χ3n) is 5.52. The summed E-state index contributed by atoms with van der Waals surface area (Å²) >= 11 is 4.56. The molecule has 0 saturated heterocycles. The summed E-state index contributed by atoms with van der Waals surface area (Å²) in [5.74, 6) is 0.488. The van der Waals surface area contributed by atoms with E-state index < -0.39 is 12.0 Å². The number of carbonyl (C=O) groups excluding carboxylic acids is 1. The number of phenolic OH excluding ortho intramolecular Hbond substituents is 1. The number of thiazole rings is 1. The lowest BCUT2D eigenvalue weighted by Crippen LogP contribution is -2.40. The Morgan fingerprint density at radius 1 is 1.23 bits per heavy atom. The first-order valence-electron chi connectivity index (χ1n) is 10.7. The molecular weight excluding hydrogens is 536 g/mol. The molecule has 0 bridgehead atoms. The molecule has 10 heteroatoms. The molecule has 0 amide bonds. The summed E-state index contributed by atoms with van der Waals surface area (Å²) in [4.78, 5) is 31.8. The number of fused-ring (bicyclic) bond motifs is 1. The average molecular weight is 559 g/mol. The third kappa shape index (κ3) is 4.63. The highest BCUT2D eigenvalue weighted by Crippen LogP contribution is 2.37. The normalized spacial score (nSPS) is 15.5. The van der Waals surface area contributed by atoms with Crippen LogP contribution in [-0.2, 0) is 9.53 Å². The van der Waals surface area contributed by atoms with Crippen LogP contribution in [0.15, 0.2) is 61.9 Å². The maximum absolute atomic E-state index is 13.7. The van der Waals surface area contributed by atoms with Gasteiger partial charge in [-0.1, -0.05) is 27.3 Å². The Morgan fingerprint density at radius 3 is 2.69 bits per heavy atom. The SMILES string of the molecule is CCOC(=O)C1=C(C)N=c2s/c(=C/c3cc(Br)ccc3O)c(=O)n2[C@@H]1c1cc(OC)ccc1OC. The molecule has 0 saturated carbocycles. The van der Waals surface area contributed by atoms with Gasteiger partial charge in [-0.3, -0.25) is 9.36 Å². The predicted octanol–water partition coefficient (Wildman–Crippen LogP) is 3.28. The Morgan fingerprint density at radius 2 is 2.00 bits per heavy atom. The minimum Gasteiger partial charge on any atom is -0.507 e. The highest BCUT2D eigenvalue weighted by Gasteiger charge is 2.35. The van der Waals surface area contributed by atoms with Crippen molar-refractivity contribution in [1.29, 1.82) is 0 Å². The number of esters is 1. The Kier molecular flexibility index (Phi) is 7.13. The number of methoxy groups -OCH3 is 2. The maximum atomic E-state index is 13.7. The van der Waals surface area contributed by atoms with E-state index >= 15 is 0 Å². The molecule has 0 radical (unpaired) electrons. The first kappa shape index (κ1) is 24.7. The van der Waals surface area contributed by atoms with Gasteiger partial charge < -0.3 is 19.3 Å². The van der Waals surface area contributed by atoms with Crippen molar-refractivity contribution in [1.82, 2.24) is 4.57 Å². The van der Waals surface area contributed by atoms with Crippen molar-refractivity contribution in [3.8, 4) is 17.2 Å². The lowest BCUT2D eigenvalue weighted by molar-refractivity contribution is -0.139. The van der Waals surface area contributed by atoms with Gasteiger partial charge in [-0.05, 0) is 56.3 Å². The smallest absolute Gasteiger partial charge is 0.338 e. The average Bonchev–Trinajstić information content (AvgIpc) is 3.14. The molecule has 8 nitrogen and oxygen atoms in total. The molecule has 0 spiro atoms. The van der Waals surface area contributed by atoms with E-state index in [0.717, 1.165) is 4.47 Å². The molecule has 0 aliphatic carbocycles. The molecule has 1 atom stereocenters. The minimum atomic E-state index is -0.853. The molecule has 1 aliphatic rings. The number of allylic oxidation sites excluding steroid dienone is 1. The molecule has 0 unspecified atom stereocenters. The van der Waals surface area contributed by atoms with Crippen molar-refractivity contribution >= 4 is 39.3 Å². The highest BCUT2D eigenvalue weighted by molar-refractivity contribution is 9.10. The van der Waals surface area contributed by atoms with E-state index in [1.807, 2.05) is 0 Å². The number of benzene rings is 2. The zero-order valence-electron chi connectivity index (χ0n) is 19.5. The van der Waals surface area contributed by atoms with E-state index in [1.165, 1.54) is 30.1 Å². The van der Waals surface area contributed by atoms with Gasteiger partial charge in [0.15, 0.2) is 4.80 Å². The Bertz CT molecular complexity index is 1520. The van der Waals surface area contributed by atoms with Gasteiger partial charge in [-0.25, -0.2) is 9.79 Å². The molecular formula is C25H23BrN2O6S. The van der Waals surface area contributed by atoms with Gasteiger partial charge in [-0.2, -0.15) is 0 Å². The van der Waals surface area contributed by atoms with Crippen molar-refractivity contribution in [2.75, 3.05) is 20.8 Å². The number of phenols is 1. The van der Waals surface area contributed by atoms with Gasteiger partial charge in [-0.15, -0.1) is 0 Å². The molecule has 1 N–H and O–H groups in total. The second kappa shape index (κ2) is 10.1. The number of hydrogen-bond donors (Lipinski definition) is 1. The summed E-state index contributed by atoms with van der Waals surface area (Å²) in [5.41, 5.74) is 1.35. The zero-order chi connectivity index (χ0) is 25.3. The van der Waals surface area contributed by atoms with Crippen LogP contribution in [0.3, 0.4) is 0 Å². The second-order valence-electron chi connectivity index (χ2n) is 7.61. The van der Waals surface area contributed by atoms with Crippen LogP contribution in [0.5, 0.6) is 17.2 Å². The van der Waals surface area contributed by atoms with Gasteiger partial charge in [0.2, 0.25) is 0 Å². The van der Waals surface area contributed by atoms with Crippen molar-refractivity contribution in [2.45, 2.75) is 19.9 Å². The maximum Gasteiger partial charge on any atom is 0.338 e. The summed E-state index contributed by atoms with van der Waals surface area (Å²) in [6, 6.07) is 9.31. The molecule has 4 rings (SSSR count). The monoisotopic (exact) mass is 558 g/mol.